The summed E-state index contributed by atoms with van der Waals surface area (Å²) in [4.78, 5) is 0. The van der Waals surface area contributed by atoms with Gasteiger partial charge in [0.05, 0.1) is 12.9 Å². The highest BCUT2D eigenvalue weighted by Crippen LogP contribution is 2.29. The second kappa shape index (κ2) is 8.18. The molecule has 6 heteroatoms. The Kier molecular flexibility index (Phi) is 5.94. The van der Waals surface area contributed by atoms with Crippen molar-refractivity contribution >= 4 is 10.0 Å². The van der Waals surface area contributed by atoms with E-state index in [1.54, 1.807) is 11.4 Å². The van der Waals surface area contributed by atoms with Gasteiger partial charge in [-0.05, 0) is 54.2 Å². The molecule has 0 amide bonds. The zero-order valence-corrected chi connectivity index (χ0v) is 15.7. The van der Waals surface area contributed by atoms with Crippen LogP contribution in [0.15, 0.2) is 48.5 Å². The molecule has 0 N–H and O–H groups in total. The average molecular weight is 377 g/mol. The third-order valence-corrected chi connectivity index (χ3v) is 6.69. The van der Waals surface area contributed by atoms with Gasteiger partial charge in [0, 0.05) is 13.1 Å². The summed E-state index contributed by atoms with van der Waals surface area (Å²) in [6.07, 6.45) is 2.82. The van der Waals surface area contributed by atoms with Crippen LogP contribution in [0.25, 0.3) is 0 Å². The van der Waals surface area contributed by atoms with Crippen LogP contribution >= 0.6 is 0 Å². The second-order valence-electron chi connectivity index (χ2n) is 6.71. The van der Waals surface area contributed by atoms with Crippen LogP contribution in [0, 0.1) is 5.82 Å². The Morgan fingerprint density at radius 2 is 1.77 bits per heavy atom. The third kappa shape index (κ3) is 4.62. The minimum Gasteiger partial charge on any atom is -0.497 e. The predicted octanol–water partition coefficient (Wildman–Crippen LogP) is 3.93. The summed E-state index contributed by atoms with van der Waals surface area (Å²) >= 11 is 0. The summed E-state index contributed by atoms with van der Waals surface area (Å²) in [7, 11) is -1.81. The standard InChI is InChI=1S/C20H24FNO3S/c1-25-20-11-7-17(8-12-20)18-4-2-3-13-22(14-18)26(23,24)15-16-5-9-19(21)10-6-16/h5-12,18H,2-4,13-15H2,1H3. The van der Waals surface area contributed by atoms with Gasteiger partial charge in [-0.15, -0.1) is 0 Å². The highest BCUT2D eigenvalue weighted by Gasteiger charge is 2.28. The van der Waals surface area contributed by atoms with Gasteiger partial charge in [-0.3, -0.25) is 0 Å². The molecule has 140 valence electrons. The zero-order valence-electron chi connectivity index (χ0n) is 14.9. The van der Waals surface area contributed by atoms with Gasteiger partial charge < -0.3 is 4.74 Å². The van der Waals surface area contributed by atoms with Crippen molar-refractivity contribution in [1.82, 2.24) is 4.31 Å². The lowest BCUT2D eigenvalue weighted by Crippen LogP contribution is -2.35. The molecule has 1 heterocycles. The number of hydrogen-bond acceptors (Lipinski definition) is 3. The Hall–Kier alpha value is -1.92. The van der Waals surface area contributed by atoms with Crippen molar-refractivity contribution in [2.24, 2.45) is 0 Å². The number of methoxy groups -OCH3 is 1. The molecule has 1 saturated heterocycles. The molecule has 0 aromatic heterocycles. The summed E-state index contributed by atoms with van der Waals surface area (Å²) in [5.41, 5.74) is 1.74. The van der Waals surface area contributed by atoms with E-state index in [1.165, 1.54) is 24.3 Å². The van der Waals surface area contributed by atoms with Gasteiger partial charge in [0.25, 0.3) is 0 Å². The molecule has 2 aromatic carbocycles. The topological polar surface area (TPSA) is 46.6 Å². The summed E-state index contributed by atoms with van der Waals surface area (Å²) in [6, 6.07) is 13.5. The summed E-state index contributed by atoms with van der Waals surface area (Å²) in [5, 5.41) is 0. The predicted molar refractivity (Wildman–Crippen MR) is 100 cm³/mol. The molecular weight excluding hydrogens is 353 g/mol. The lowest BCUT2D eigenvalue weighted by molar-refractivity contribution is 0.404. The molecule has 0 aliphatic carbocycles. The third-order valence-electron chi connectivity index (χ3n) is 4.88. The van der Waals surface area contributed by atoms with Gasteiger partial charge >= 0.3 is 0 Å². The first-order valence-corrected chi connectivity index (χ1v) is 10.4. The Morgan fingerprint density at radius 1 is 1.08 bits per heavy atom. The van der Waals surface area contributed by atoms with Crippen LogP contribution in [0.3, 0.4) is 0 Å². The van der Waals surface area contributed by atoms with E-state index in [0.717, 1.165) is 30.6 Å². The van der Waals surface area contributed by atoms with E-state index in [1.807, 2.05) is 24.3 Å². The van der Waals surface area contributed by atoms with Crippen molar-refractivity contribution in [2.75, 3.05) is 20.2 Å². The fourth-order valence-corrected chi connectivity index (χ4v) is 5.00. The molecule has 1 atom stereocenters. The van der Waals surface area contributed by atoms with E-state index in [2.05, 4.69) is 0 Å². The quantitative estimate of drug-likeness (QED) is 0.793. The summed E-state index contributed by atoms with van der Waals surface area (Å²) in [5.74, 6) is 0.512. The van der Waals surface area contributed by atoms with Gasteiger partial charge in [0.2, 0.25) is 10.0 Å². The molecule has 0 bridgehead atoms. The molecule has 1 unspecified atom stereocenters. The van der Waals surface area contributed by atoms with Crippen molar-refractivity contribution in [3.63, 3.8) is 0 Å². The molecule has 1 aliphatic rings. The van der Waals surface area contributed by atoms with E-state index in [0.29, 0.717) is 18.7 Å². The maximum atomic E-state index is 13.1. The smallest absolute Gasteiger partial charge is 0.218 e. The number of ether oxygens (including phenoxy) is 1. The molecule has 3 rings (SSSR count). The minimum absolute atomic E-state index is 0.0946. The molecule has 0 saturated carbocycles. The highest BCUT2D eigenvalue weighted by molar-refractivity contribution is 7.88. The van der Waals surface area contributed by atoms with Crippen LogP contribution in [0.2, 0.25) is 0 Å². The fraction of sp³-hybridized carbons (Fsp3) is 0.400. The SMILES string of the molecule is COc1ccc(C2CCCCN(S(=O)(=O)Cc3ccc(F)cc3)C2)cc1. The van der Waals surface area contributed by atoms with Crippen LogP contribution in [0.5, 0.6) is 5.75 Å². The van der Waals surface area contributed by atoms with Crippen LogP contribution < -0.4 is 4.74 Å². The second-order valence-corrected chi connectivity index (χ2v) is 8.68. The zero-order chi connectivity index (χ0) is 18.6. The van der Waals surface area contributed by atoms with Crippen LogP contribution in [0.1, 0.15) is 36.3 Å². The van der Waals surface area contributed by atoms with E-state index in [4.69, 9.17) is 4.74 Å². The molecule has 4 nitrogen and oxygen atoms in total. The Labute approximate surface area is 154 Å². The molecule has 2 aromatic rings. The van der Waals surface area contributed by atoms with E-state index >= 15 is 0 Å². The van der Waals surface area contributed by atoms with E-state index in [9.17, 15) is 12.8 Å². The highest BCUT2D eigenvalue weighted by atomic mass is 32.2. The van der Waals surface area contributed by atoms with Crippen LogP contribution in [-0.4, -0.2) is 32.9 Å². The molecule has 0 spiro atoms. The van der Waals surface area contributed by atoms with E-state index in [-0.39, 0.29) is 17.5 Å². The summed E-state index contributed by atoms with van der Waals surface area (Å²) < 4.78 is 45.6. The molecule has 1 aliphatic heterocycles. The average Bonchev–Trinajstić information content (AvgIpc) is 2.90. The number of nitrogens with zero attached hydrogens (tertiary/aromatic N) is 1. The molecule has 0 radical (unpaired) electrons. The number of hydrogen-bond donors (Lipinski definition) is 0. The summed E-state index contributed by atoms with van der Waals surface area (Å²) in [6.45, 7) is 1.02. The van der Waals surface area contributed by atoms with Crippen LogP contribution in [-0.2, 0) is 15.8 Å². The number of sulfonamides is 1. The van der Waals surface area contributed by atoms with Gasteiger partial charge in [0.1, 0.15) is 11.6 Å². The van der Waals surface area contributed by atoms with Crippen molar-refractivity contribution in [1.29, 1.82) is 0 Å². The fourth-order valence-electron chi connectivity index (χ4n) is 3.39. The Balaban J connectivity index is 1.76. The molecular formula is C20H24FNO3S. The lowest BCUT2D eigenvalue weighted by atomic mass is 9.94. The van der Waals surface area contributed by atoms with E-state index < -0.39 is 10.0 Å². The molecule has 26 heavy (non-hydrogen) atoms. The first-order chi connectivity index (χ1) is 12.5. The number of rotatable bonds is 5. The van der Waals surface area contributed by atoms with Crippen molar-refractivity contribution in [3.8, 4) is 5.75 Å². The van der Waals surface area contributed by atoms with Gasteiger partial charge in [-0.25, -0.2) is 17.1 Å². The Bertz CT molecular complexity index is 819. The monoisotopic (exact) mass is 377 g/mol. The van der Waals surface area contributed by atoms with Gasteiger partial charge in [-0.1, -0.05) is 30.7 Å². The maximum Gasteiger partial charge on any atom is 0.218 e. The van der Waals surface area contributed by atoms with Crippen LogP contribution in [0.4, 0.5) is 4.39 Å². The number of benzene rings is 2. The largest absolute Gasteiger partial charge is 0.497 e. The normalized spacial score (nSPS) is 19.1. The first kappa shape index (κ1) is 18.9. The minimum atomic E-state index is -3.44. The van der Waals surface area contributed by atoms with Crippen molar-refractivity contribution in [2.45, 2.75) is 30.9 Å². The van der Waals surface area contributed by atoms with Crippen molar-refractivity contribution < 1.29 is 17.5 Å². The van der Waals surface area contributed by atoms with Gasteiger partial charge in [0.15, 0.2) is 0 Å². The van der Waals surface area contributed by atoms with Gasteiger partial charge in [-0.2, -0.15) is 0 Å². The lowest BCUT2D eigenvalue weighted by Gasteiger charge is -2.24. The Morgan fingerprint density at radius 3 is 2.42 bits per heavy atom. The molecule has 1 fully saturated rings. The number of halogens is 1. The maximum absolute atomic E-state index is 13.1. The first-order valence-electron chi connectivity index (χ1n) is 8.84. The van der Waals surface area contributed by atoms with Crippen molar-refractivity contribution in [3.05, 3.63) is 65.5 Å².